The molecular weight excluding hydrogens is 382 g/mol. The number of aromatic nitrogens is 1. The summed E-state index contributed by atoms with van der Waals surface area (Å²) in [5, 5.41) is 4.17. The second kappa shape index (κ2) is 7.00. The molecule has 1 aromatic rings. The normalized spacial score (nSPS) is 33.6. The van der Waals surface area contributed by atoms with Gasteiger partial charge in [0.15, 0.2) is 0 Å². The maximum Gasteiger partial charge on any atom is 0.240 e. The van der Waals surface area contributed by atoms with Crippen LogP contribution in [-0.4, -0.2) is 35.1 Å². The van der Waals surface area contributed by atoms with Gasteiger partial charge in [0.05, 0.1) is 11.4 Å². The van der Waals surface area contributed by atoms with Gasteiger partial charge in [-0.05, 0) is 94.1 Å². The molecule has 4 aliphatic carbocycles. The van der Waals surface area contributed by atoms with E-state index >= 15 is 0 Å². The monoisotopic (exact) mass is 413 g/mol. The minimum atomic E-state index is -0.0422. The zero-order valence-electron chi connectivity index (χ0n) is 17.7. The molecule has 1 aliphatic heterocycles. The average molecular weight is 414 g/mol. The number of hydrogen-bond acceptors (Lipinski definition) is 4. The van der Waals surface area contributed by atoms with Crippen molar-refractivity contribution in [2.24, 2.45) is 23.2 Å². The van der Waals surface area contributed by atoms with Gasteiger partial charge < -0.3 is 5.32 Å². The van der Waals surface area contributed by atoms with E-state index in [1.54, 1.807) is 4.90 Å². The summed E-state index contributed by atoms with van der Waals surface area (Å²) in [5.74, 6) is 2.90. The Kier molecular flexibility index (Phi) is 4.68. The zero-order chi connectivity index (χ0) is 20.3. The van der Waals surface area contributed by atoms with Gasteiger partial charge in [0, 0.05) is 11.7 Å². The molecule has 5 aliphatic rings. The van der Waals surface area contributed by atoms with Crippen LogP contribution in [0.1, 0.15) is 56.7 Å². The topological polar surface area (TPSA) is 62.3 Å². The molecule has 0 saturated heterocycles. The summed E-state index contributed by atoms with van der Waals surface area (Å²) < 4.78 is 0. The highest BCUT2D eigenvalue weighted by molar-refractivity contribution is 8.00. The second-order valence-electron chi connectivity index (χ2n) is 10.1. The van der Waals surface area contributed by atoms with E-state index in [1.807, 2.05) is 19.9 Å². The van der Waals surface area contributed by atoms with Gasteiger partial charge in [0.2, 0.25) is 11.8 Å². The summed E-state index contributed by atoms with van der Waals surface area (Å²) in [7, 11) is 0. The summed E-state index contributed by atoms with van der Waals surface area (Å²) in [6.45, 7) is 6.25. The smallest absolute Gasteiger partial charge is 0.240 e. The van der Waals surface area contributed by atoms with Gasteiger partial charge in [0.25, 0.3) is 0 Å². The Morgan fingerprint density at radius 3 is 2.48 bits per heavy atom. The highest BCUT2D eigenvalue weighted by Gasteiger charge is 2.53. The van der Waals surface area contributed by atoms with E-state index < -0.39 is 0 Å². The van der Waals surface area contributed by atoms with Crippen molar-refractivity contribution in [3.05, 3.63) is 17.3 Å². The fourth-order valence-corrected chi connectivity index (χ4v) is 8.05. The molecule has 156 valence electrons. The molecule has 0 spiro atoms. The molecule has 29 heavy (non-hydrogen) atoms. The number of pyridine rings is 1. The molecule has 0 radical (unpaired) electrons. The average Bonchev–Trinajstić information content (AvgIpc) is 2.62. The molecule has 1 atom stereocenters. The first-order valence-electron chi connectivity index (χ1n) is 11.0. The van der Waals surface area contributed by atoms with Gasteiger partial charge in [-0.1, -0.05) is 11.8 Å². The summed E-state index contributed by atoms with van der Waals surface area (Å²) >= 11 is 1.47. The van der Waals surface area contributed by atoms with Gasteiger partial charge >= 0.3 is 0 Å². The third-order valence-electron chi connectivity index (χ3n) is 7.87. The van der Waals surface area contributed by atoms with Crippen LogP contribution in [0.15, 0.2) is 11.1 Å². The molecule has 4 saturated carbocycles. The first-order valence-corrected chi connectivity index (χ1v) is 12.0. The summed E-state index contributed by atoms with van der Waals surface area (Å²) in [4.78, 5) is 31.9. The largest absolute Gasteiger partial charge is 0.352 e. The molecule has 5 nitrogen and oxygen atoms in total. The number of aryl methyl sites for hydroxylation is 2. The number of carbonyl (C=O) groups is 2. The van der Waals surface area contributed by atoms with Gasteiger partial charge in [-0.3, -0.25) is 14.5 Å². The number of nitrogens with zero attached hydrogens (tertiary/aromatic N) is 2. The van der Waals surface area contributed by atoms with Crippen molar-refractivity contribution >= 4 is 29.3 Å². The molecule has 0 aromatic carbocycles. The predicted octanol–water partition coefficient (Wildman–Crippen LogP) is 3.86. The van der Waals surface area contributed by atoms with E-state index in [1.165, 1.54) is 50.3 Å². The maximum absolute atomic E-state index is 13.0. The zero-order valence-corrected chi connectivity index (χ0v) is 18.5. The maximum atomic E-state index is 13.0. The Labute approximate surface area is 177 Å². The van der Waals surface area contributed by atoms with E-state index in [9.17, 15) is 9.59 Å². The summed E-state index contributed by atoms with van der Waals surface area (Å²) in [6.07, 6.45) is 8.02. The van der Waals surface area contributed by atoms with Crippen molar-refractivity contribution < 1.29 is 9.59 Å². The minimum Gasteiger partial charge on any atom is -0.352 e. The van der Waals surface area contributed by atoms with E-state index in [0.717, 1.165) is 39.7 Å². The highest BCUT2D eigenvalue weighted by Crippen LogP contribution is 2.61. The Morgan fingerprint density at radius 2 is 1.86 bits per heavy atom. The van der Waals surface area contributed by atoms with Crippen LogP contribution in [0.25, 0.3) is 0 Å². The van der Waals surface area contributed by atoms with Crippen LogP contribution in [0.5, 0.6) is 0 Å². The molecule has 2 amide bonds. The van der Waals surface area contributed by atoms with Crippen molar-refractivity contribution in [3.63, 3.8) is 0 Å². The number of thioether (sulfide) groups is 1. The third kappa shape index (κ3) is 3.37. The number of nitrogens with one attached hydrogen (secondary N) is 1. The molecule has 1 aromatic heterocycles. The van der Waals surface area contributed by atoms with E-state index in [2.05, 4.69) is 17.2 Å². The van der Waals surface area contributed by atoms with Crippen molar-refractivity contribution in [2.45, 2.75) is 70.4 Å². The van der Waals surface area contributed by atoms with Crippen LogP contribution in [0.2, 0.25) is 0 Å². The van der Waals surface area contributed by atoms with Crippen LogP contribution in [0.4, 0.5) is 5.69 Å². The van der Waals surface area contributed by atoms with Crippen LogP contribution < -0.4 is 10.2 Å². The van der Waals surface area contributed by atoms with Gasteiger partial charge in [0.1, 0.15) is 11.6 Å². The number of carbonyl (C=O) groups excluding carboxylic acids is 2. The number of anilines is 1. The number of amides is 2. The SMILES string of the molecule is Cc1cc(C)c2c(n1)SCC(=O)N2CC(=O)NC(C)C12CC3CC(CC(C3)C1)C2. The number of rotatable bonds is 4. The standard InChI is InChI=1S/C23H31N3O2S/c1-13-4-14(2)24-22-21(13)26(20(28)12-29-22)11-19(27)25-15(3)23-8-16-5-17(9-23)7-18(6-16)10-23/h4,15-18H,5-12H2,1-3H3,(H,25,27). The predicted molar refractivity (Wildman–Crippen MR) is 115 cm³/mol. The van der Waals surface area contributed by atoms with Crippen molar-refractivity contribution in [1.82, 2.24) is 10.3 Å². The van der Waals surface area contributed by atoms with Crippen LogP contribution in [0, 0.1) is 37.0 Å². The van der Waals surface area contributed by atoms with Gasteiger partial charge in [-0.25, -0.2) is 4.98 Å². The molecule has 1 N–H and O–H groups in total. The van der Waals surface area contributed by atoms with E-state index in [0.29, 0.717) is 5.75 Å². The van der Waals surface area contributed by atoms with E-state index in [-0.39, 0.29) is 29.8 Å². The van der Waals surface area contributed by atoms with Crippen molar-refractivity contribution in [1.29, 1.82) is 0 Å². The lowest BCUT2D eigenvalue weighted by Crippen LogP contribution is -2.57. The lowest BCUT2D eigenvalue weighted by molar-refractivity contribution is -0.126. The quantitative estimate of drug-likeness (QED) is 0.814. The highest BCUT2D eigenvalue weighted by atomic mass is 32.2. The Bertz CT molecular complexity index is 833. The third-order valence-corrected chi connectivity index (χ3v) is 8.82. The molecular formula is C23H31N3O2S. The summed E-state index contributed by atoms with van der Waals surface area (Å²) in [5.41, 5.74) is 3.05. The number of hydrogen-bond donors (Lipinski definition) is 1. The molecule has 1 unspecified atom stereocenters. The van der Waals surface area contributed by atoms with E-state index in [4.69, 9.17) is 0 Å². The first kappa shape index (κ1) is 19.4. The summed E-state index contributed by atoms with van der Waals surface area (Å²) in [6, 6.07) is 2.16. The minimum absolute atomic E-state index is 0.00568. The van der Waals surface area contributed by atoms with Crippen LogP contribution in [-0.2, 0) is 9.59 Å². The van der Waals surface area contributed by atoms with Crippen molar-refractivity contribution in [2.75, 3.05) is 17.2 Å². The van der Waals surface area contributed by atoms with Crippen LogP contribution in [0.3, 0.4) is 0 Å². The Hall–Kier alpha value is -1.56. The molecule has 6 rings (SSSR count). The molecule has 6 heteroatoms. The lowest BCUT2D eigenvalue weighted by atomic mass is 9.48. The second-order valence-corrected chi connectivity index (χ2v) is 11.0. The van der Waals surface area contributed by atoms with Crippen LogP contribution >= 0.6 is 11.8 Å². The van der Waals surface area contributed by atoms with Gasteiger partial charge in [-0.15, -0.1) is 0 Å². The fourth-order valence-electron chi connectivity index (χ4n) is 7.02. The van der Waals surface area contributed by atoms with Crippen molar-refractivity contribution in [3.8, 4) is 0 Å². The Balaban J connectivity index is 1.31. The Morgan fingerprint density at radius 1 is 1.24 bits per heavy atom. The fraction of sp³-hybridized carbons (Fsp3) is 0.696. The molecule has 4 bridgehead atoms. The molecule has 4 fully saturated rings. The lowest BCUT2D eigenvalue weighted by Gasteiger charge is -2.59. The molecule has 2 heterocycles. The number of fused-ring (bicyclic) bond motifs is 1. The van der Waals surface area contributed by atoms with Gasteiger partial charge in [-0.2, -0.15) is 0 Å². The first-order chi connectivity index (χ1) is 13.8.